The highest BCUT2D eigenvalue weighted by Crippen LogP contribution is 2.38. The van der Waals surface area contributed by atoms with E-state index in [0.717, 1.165) is 38.6 Å². The van der Waals surface area contributed by atoms with Crippen LogP contribution in [-0.2, 0) is 9.59 Å². The third kappa shape index (κ3) is 2.61. The summed E-state index contributed by atoms with van der Waals surface area (Å²) in [6.45, 7) is 3.14. The lowest BCUT2D eigenvalue weighted by atomic mass is 9.85. The minimum atomic E-state index is -0.768. The molecule has 0 radical (unpaired) electrons. The van der Waals surface area contributed by atoms with Gasteiger partial charge in [0.15, 0.2) is 0 Å². The van der Waals surface area contributed by atoms with Crippen molar-refractivity contribution < 1.29 is 14.7 Å². The van der Waals surface area contributed by atoms with Crippen LogP contribution in [0.15, 0.2) is 0 Å². The van der Waals surface area contributed by atoms with Crippen molar-refractivity contribution in [2.75, 3.05) is 13.1 Å². The minimum absolute atomic E-state index is 0.0278. The Morgan fingerprint density at radius 3 is 2.37 bits per heavy atom. The zero-order valence-corrected chi connectivity index (χ0v) is 11.6. The van der Waals surface area contributed by atoms with Crippen molar-refractivity contribution in [1.29, 1.82) is 0 Å². The molecule has 1 aliphatic carbocycles. The molecule has 5 nitrogen and oxygen atoms in total. The quantitative estimate of drug-likeness (QED) is 0.702. The topological polar surface area (TPSA) is 78.4 Å². The molecule has 108 valence electrons. The fourth-order valence-corrected chi connectivity index (χ4v) is 3.40. The maximum atomic E-state index is 12.4. The first kappa shape index (κ1) is 14.3. The number of nitrogens with one attached hydrogen (secondary N) is 2. The highest BCUT2D eigenvalue weighted by Gasteiger charge is 2.44. The largest absolute Gasteiger partial charge is 0.481 e. The minimum Gasteiger partial charge on any atom is -0.481 e. The van der Waals surface area contributed by atoms with Gasteiger partial charge in [-0.05, 0) is 38.6 Å². The van der Waals surface area contributed by atoms with Gasteiger partial charge in [-0.2, -0.15) is 0 Å². The Morgan fingerprint density at radius 1 is 1.21 bits per heavy atom. The number of carboxylic acids is 1. The molecule has 5 heteroatoms. The van der Waals surface area contributed by atoms with Crippen molar-refractivity contribution in [1.82, 2.24) is 10.6 Å². The molecular weight excluding hydrogens is 244 g/mol. The molecule has 2 aliphatic rings. The number of carboxylic acid groups (broad SMARTS) is 1. The predicted octanol–water partition coefficient (Wildman–Crippen LogP) is 1.28. The molecule has 2 fully saturated rings. The highest BCUT2D eigenvalue weighted by molar-refractivity contribution is 5.87. The summed E-state index contributed by atoms with van der Waals surface area (Å²) >= 11 is 0. The Labute approximate surface area is 114 Å². The van der Waals surface area contributed by atoms with Gasteiger partial charge in [-0.15, -0.1) is 0 Å². The number of amides is 1. The fourth-order valence-electron chi connectivity index (χ4n) is 3.40. The molecule has 3 N–H and O–H groups in total. The summed E-state index contributed by atoms with van der Waals surface area (Å²) in [6.07, 6.45) is 5.84. The predicted molar refractivity (Wildman–Crippen MR) is 71.8 cm³/mol. The molecule has 1 aliphatic heterocycles. The van der Waals surface area contributed by atoms with E-state index in [1.807, 2.05) is 6.92 Å². The van der Waals surface area contributed by atoms with Crippen molar-refractivity contribution in [3.05, 3.63) is 0 Å². The van der Waals surface area contributed by atoms with Crippen molar-refractivity contribution in [2.24, 2.45) is 5.41 Å². The summed E-state index contributed by atoms with van der Waals surface area (Å²) in [4.78, 5) is 23.8. The van der Waals surface area contributed by atoms with Gasteiger partial charge in [0.2, 0.25) is 5.91 Å². The van der Waals surface area contributed by atoms with E-state index in [4.69, 9.17) is 0 Å². The van der Waals surface area contributed by atoms with Crippen molar-refractivity contribution >= 4 is 11.9 Å². The molecule has 1 saturated carbocycles. The maximum absolute atomic E-state index is 12.4. The zero-order chi connectivity index (χ0) is 13.9. The van der Waals surface area contributed by atoms with Gasteiger partial charge >= 0.3 is 5.97 Å². The smallest absolute Gasteiger partial charge is 0.311 e. The van der Waals surface area contributed by atoms with Crippen molar-refractivity contribution in [3.8, 4) is 0 Å². The number of carbonyl (C=O) groups is 2. The van der Waals surface area contributed by atoms with E-state index in [1.54, 1.807) is 0 Å². The number of hydrogen-bond donors (Lipinski definition) is 3. The molecule has 0 aromatic rings. The average Bonchev–Trinajstić information content (AvgIpc) is 3.06. The van der Waals surface area contributed by atoms with Crippen molar-refractivity contribution in [3.63, 3.8) is 0 Å². The van der Waals surface area contributed by atoms with E-state index in [2.05, 4.69) is 10.6 Å². The Morgan fingerprint density at radius 2 is 1.89 bits per heavy atom. The summed E-state index contributed by atoms with van der Waals surface area (Å²) in [5.41, 5.74) is -1.21. The standard InChI is InChI=1S/C14H24N2O3/c1-2-14(8-5-9-16-14)11(17)15-10-13(12(18)19)6-3-4-7-13/h16H,2-10H2,1H3,(H,15,17)(H,18,19). The van der Waals surface area contributed by atoms with Gasteiger partial charge < -0.3 is 15.7 Å². The van der Waals surface area contributed by atoms with Gasteiger partial charge in [-0.25, -0.2) is 0 Å². The molecule has 1 saturated heterocycles. The van der Waals surface area contributed by atoms with E-state index in [-0.39, 0.29) is 12.5 Å². The van der Waals surface area contributed by atoms with Crippen LogP contribution < -0.4 is 10.6 Å². The van der Waals surface area contributed by atoms with Gasteiger partial charge in [-0.3, -0.25) is 9.59 Å². The number of rotatable bonds is 5. The second-order valence-electron chi connectivity index (χ2n) is 5.94. The third-order valence-corrected chi connectivity index (χ3v) is 4.88. The molecule has 0 aromatic carbocycles. The van der Waals surface area contributed by atoms with E-state index < -0.39 is 16.9 Å². The summed E-state index contributed by atoms with van der Waals surface area (Å²) in [7, 11) is 0. The van der Waals surface area contributed by atoms with Gasteiger partial charge in [0, 0.05) is 6.54 Å². The Balaban J connectivity index is 1.97. The third-order valence-electron chi connectivity index (χ3n) is 4.88. The zero-order valence-electron chi connectivity index (χ0n) is 11.6. The summed E-state index contributed by atoms with van der Waals surface area (Å²) in [5, 5.41) is 15.6. The number of aliphatic carboxylic acids is 1. The lowest BCUT2D eigenvalue weighted by Crippen LogP contribution is -2.55. The second kappa shape index (κ2) is 5.49. The van der Waals surface area contributed by atoms with Crippen LogP contribution in [0.4, 0.5) is 0 Å². The lowest BCUT2D eigenvalue weighted by Gasteiger charge is -2.30. The van der Waals surface area contributed by atoms with E-state index in [1.165, 1.54) is 0 Å². The van der Waals surface area contributed by atoms with Gasteiger partial charge in [0.05, 0.1) is 11.0 Å². The molecule has 1 heterocycles. The number of hydrogen-bond acceptors (Lipinski definition) is 3. The monoisotopic (exact) mass is 268 g/mol. The summed E-state index contributed by atoms with van der Waals surface area (Å²) in [6, 6.07) is 0. The van der Waals surface area contributed by atoms with Crippen LogP contribution in [0.25, 0.3) is 0 Å². The Kier molecular flexibility index (Phi) is 4.13. The lowest BCUT2D eigenvalue weighted by molar-refractivity contribution is -0.148. The van der Waals surface area contributed by atoms with Crippen molar-refractivity contribution in [2.45, 2.75) is 57.4 Å². The Bertz CT molecular complexity index is 356. The second-order valence-corrected chi connectivity index (χ2v) is 5.94. The summed E-state index contributed by atoms with van der Waals surface area (Å²) in [5.74, 6) is -0.796. The molecule has 2 rings (SSSR count). The molecular formula is C14H24N2O3. The molecule has 19 heavy (non-hydrogen) atoms. The Hall–Kier alpha value is -1.10. The molecule has 0 aromatic heterocycles. The molecule has 1 unspecified atom stereocenters. The molecule has 1 atom stereocenters. The SMILES string of the molecule is CCC1(C(=O)NCC2(C(=O)O)CCCC2)CCCN1. The molecule has 1 amide bonds. The fraction of sp³-hybridized carbons (Fsp3) is 0.857. The van der Waals surface area contributed by atoms with Crippen LogP contribution in [0.2, 0.25) is 0 Å². The van der Waals surface area contributed by atoms with Crippen LogP contribution in [0.1, 0.15) is 51.9 Å². The summed E-state index contributed by atoms with van der Waals surface area (Å²) < 4.78 is 0. The normalized spacial score (nSPS) is 29.3. The van der Waals surface area contributed by atoms with Crippen LogP contribution >= 0.6 is 0 Å². The van der Waals surface area contributed by atoms with Gasteiger partial charge in [0.1, 0.15) is 0 Å². The molecule has 0 bridgehead atoms. The first-order valence-corrected chi connectivity index (χ1v) is 7.31. The van der Waals surface area contributed by atoms with E-state index in [9.17, 15) is 14.7 Å². The van der Waals surface area contributed by atoms with Crippen LogP contribution in [0.5, 0.6) is 0 Å². The van der Waals surface area contributed by atoms with E-state index >= 15 is 0 Å². The molecule has 0 spiro atoms. The maximum Gasteiger partial charge on any atom is 0.311 e. The van der Waals surface area contributed by atoms with E-state index in [0.29, 0.717) is 12.8 Å². The number of carbonyl (C=O) groups excluding carboxylic acids is 1. The van der Waals surface area contributed by atoms with Gasteiger partial charge in [0.25, 0.3) is 0 Å². The first-order valence-electron chi connectivity index (χ1n) is 7.31. The van der Waals surface area contributed by atoms with Crippen LogP contribution in [-0.4, -0.2) is 35.6 Å². The average molecular weight is 268 g/mol. The highest BCUT2D eigenvalue weighted by atomic mass is 16.4. The van der Waals surface area contributed by atoms with Crippen LogP contribution in [0, 0.1) is 5.41 Å². The van der Waals surface area contributed by atoms with Crippen LogP contribution in [0.3, 0.4) is 0 Å². The first-order chi connectivity index (χ1) is 9.05. The van der Waals surface area contributed by atoms with Gasteiger partial charge in [-0.1, -0.05) is 19.8 Å².